The summed E-state index contributed by atoms with van der Waals surface area (Å²) in [5.74, 6) is -2.82. The molecule has 0 aliphatic heterocycles. The normalized spacial score (nSPS) is 10.0. The van der Waals surface area contributed by atoms with Crippen LogP contribution in [0.5, 0.6) is 17.2 Å². The number of benzene rings is 3. The van der Waals surface area contributed by atoms with E-state index in [1.54, 1.807) is 36.4 Å². The molecule has 0 saturated carbocycles. The lowest BCUT2D eigenvalue weighted by atomic mass is 10.1. The topological polar surface area (TPSA) is 167 Å². The van der Waals surface area contributed by atoms with E-state index in [4.69, 9.17) is 14.2 Å². The second-order valence-corrected chi connectivity index (χ2v) is 8.39. The van der Waals surface area contributed by atoms with Crippen molar-refractivity contribution in [3.8, 4) is 28.4 Å². The van der Waals surface area contributed by atoms with Gasteiger partial charge in [0, 0.05) is 12.5 Å². The number of hydrogen-bond acceptors (Lipinski definition) is 13. The first kappa shape index (κ1) is 31.5. The standard InChI is InChI=1S/C30H24O13/c1-18(2)26(32)37-16-39-29(35)43-25-14-8-22(9-15-25)28(34)41-23-10-4-20(5-11-23)21-6-12-24(13-7-21)42-30(36)40-17-38-27(33)19(3)31/h4-15H,1,16-17H2,2-3H3. The van der Waals surface area contributed by atoms with Gasteiger partial charge in [0.2, 0.25) is 19.4 Å². The van der Waals surface area contributed by atoms with E-state index in [1.165, 1.54) is 43.3 Å². The Morgan fingerprint density at radius 1 is 0.535 bits per heavy atom. The third kappa shape index (κ3) is 10.2. The van der Waals surface area contributed by atoms with Crippen LogP contribution in [-0.4, -0.2) is 49.6 Å². The summed E-state index contributed by atoms with van der Waals surface area (Å²) in [5, 5.41) is 0. The van der Waals surface area contributed by atoms with Gasteiger partial charge in [0.05, 0.1) is 5.56 Å². The van der Waals surface area contributed by atoms with Gasteiger partial charge in [-0.25, -0.2) is 24.0 Å². The third-order valence-corrected chi connectivity index (χ3v) is 5.11. The minimum absolute atomic E-state index is 0.0839. The van der Waals surface area contributed by atoms with Crippen molar-refractivity contribution in [2.75, 3.05) is 13.6 Å². The SMILES string of the molecule is C=C(C)C(=O)OCOC(=O)Oc1ccc(C(=O)Oc2ccc(-c3ccc(OC(=O)OCOC(=O)C(C)=O)cc3)cc2)cc1. The van der Waals surface area contributed by atoms with Crippen LogP contribution >= 0.6 is 0 Å². The molecule has 0 heterocycles. The lowest BCUT2D eigenvalue weighted by Gasteiger charge is -2.09. The second kappa shape index (κ2) is 15.1. The second-order valence-electron chi connectivity index (χ2n) is 8.39. The number of hydrogen-bond donors (Lipinski definition) is 0. The molecule has 3 aromatic carbocycles. The highest BCUT2D eigenvalue weighted by Crippen LogP contribution is 2.25. The van der Waals surface area contributed by atoms with E-state index in [-0.39, 0.29) is 28.4 Å². The van der Waals surface area contributed by atoms with Crippen LogP contribution in [0, 0.1) is 0 Å². The van der Waals surface area contributed by atoms with Crippen molar-refractivity contribution in [1.82, 2.24) is 0 Å². The highest BCUT2D eigenvalue weighted by Gasteiger charge is 2.14. The van der Waals surface area contributed by atoms with Crippen molar-refractivity contribution < 1.29 is 61.9 Å². The monoisotopic (exact) mass is 592 g/mol. The van der Waals surface area contributed by atoms with Crippen LogP contribution in [-0.2, 0) is 33.3 Å². The molecule has 43 heavy (non-hydrogen) atoms. The van der Waals surface area contributed by atoms with Gasteiger partial charge in [-0.2, -0.15) is 0 Å². The lowest BCUT2D eigenvalue weighted by molar-refractivity contribution is -0.159. The number of Topliss-reactive ketones (excluding diaryl/α,β-unsaturated/α-hetero) is 1. The molecule has 0 fully saturated rings. The van der Waals surface area contributed by atoms with Crippen molar-refractivity contribution in [2.45, 2.75) is 13.8 Å². The van der Waals surface area contributed by atoms with Crippen molar-refractivity contribution in [2.24, 2.45) is 0 Å². The Morgan fingerprint density at radius 2 is 0.930 bits per heavy atom. The Balaban J connectivity index is 1.46. The summed E-state index contributed by atoms with van der Waals surface area (Å²) in [6.07, 6.45) is -2.24. The Bertz CT molecular complexity index is 1510. The van der Waals surface area contributed by atoms with Crippen LogP contribution in [0.15, 0.2) is 84.9 Å². The zero-order valence-corrected chi connectivity index (χ0v) is 22.9. The molecule has 0 radical (unpaired) electrons. The summed E-state index contributed by atoms with van der Waals surface area (Å²) in [6.45, 7) is 4.44. The molecule has 0 N–H and O–H groups in total. The van der Waals surface area contributed by atoms with Gasteiger partial charge in [0.15, 0.2) is 0 Å². The van der Waals surface area contributed by atoms with Crippen LogP contribution < -0.4 is 14.2 Å². The number of esters is 3. The van der Waals surface area contributed by atoms with Crippen LogP contribution in [0.4, 0.5) is 9.59 Å². The number of carbonyl (C=O) groups excluding carboxylic acids is 6. The van der Waals surface area contributed by atoms with E-state index in [1.807, 2.05) is 0 Å². The molecule has 0 aliphatic carbocycles. The molecule has 13 nitrogen and oxygen atoms in total. The Labute approximate surface area is 244 Å². The zero-order chi connectivity index (χ0) is 31.4. The van der Waals surface area contributed by atoms with Gasteiger partial charge >= 0.3 is 30.2 Å². The van der Waals surface area contributed by atoms with E-state index in [9.17, 15) is 28.8 Å². The van der Waals surface area contributed by atoms with Crippen LogP contribution in [0.2, 0.25) is 0 Å². The molecule has 0 spiro atoms. The minimum Gasteiger partial charge on any atom is -0.424 e. The molecule has 3 rings (SSSR count). The summed E-state index contributed by atoms with van der Waals surface area (Å²) < 4.78 is 33.5. The van der Waals surface area contributed by atoms with E-state index >= 15 is 0 Å². The first-order chi connectivity index (χ1) is 20.5. The molecule has 0 bridgehead atoms. The molecule has 222 valence electrons. The maximum Gasteiger partial charge on any atom is 0.516 e. The fraction of sp³-hybridized carbons (Fsp3) is 0.133. The highest BCUT2D eigenvalue weighted by molar-refractivity contribution is 6.32. The lowest BCUT2D eigenvalue weighted by Crippen LogP contribution is -2.19. The maximum atomic E-state index is 12.5. The Morgan fingerprint density at radius 3 is 1.35 bits per heavy atom. The summed E-state index contributed by atoms with van der Waals surface area (Å²) >= 11 is 0. The minimum atomic E-state index is -1.14. The van der Waals surface area contributed by atoms with Crippen molar-refractivity contribution in [1.29, 1.82) is 0 Å². The smallest absolute Gasteiger partial charge is 0.424 e. The largest absolute Gasteiger partial charge is 0.516 e. The summed E-state index contributed by atoms with van der Waals surface area (Å²) in [6, 6.07) is 18.5. The van der Waals surface area contributed by atoms with Crippen molar-refractivity contribution in [3.63, 3.8) is 0 Å². The van der Waals surface area contributed by atoms with E-state index in [2.05, 4.69) is 25.5 Å². The predicted molar refractivity (Wildman–Crippen MR) is 145 cm³/mol. The third-order valence-electron chi connectivity index (χ3n) is 5.11. The van der Waals surface area contributed by atoms with E-state index in [0.717, 1.165) is 18.1 Å². The average Bonchev–Trinajstić information content (AvgIpc) is 2.98. The molecule has 0 aromatic heterocycles. The van der Waals surface area contributed by atoms with Crippen molar-refractivity contribution >= 4 is 36.0 Å². The quantitative estimate of drug-likeness (QED) is 0.0746. The number of ether oxygens (including phenoxy) is 7. The van der Waals surface area contributed by atoms with Crippen molar-refractivity contribution in [3.05, 3.63) is 90.5 Å². The summed E-state index contributed by atoms with van der Waals surface area (Å²) in [5.41, 5.74) is 1.86. The fourth-order valence-corrected chi connectivity index (χ4v) is 2.99. The first-order valence-corrected chi connectivity index (χ1v) is 12.2. The van der Waals surface area contributed by atoms with Gasteiger partial charge in [0.25, 0.3) is 0 Å². The molecular weight excluding hydrogens is 568 g/mol. The molecular formula is C30H24O13. The number of carbonyl (C=O) groups is 6. The first-order valence-electron chi connectivity index (χ1n) is 12.2. The van der Waals surface area contributed by atoms with Crippen LogP contribution in [0.1, 0.15) is 24.2 Å². The van der Waals surface area contributed by atoms with Crippen LogP contribution in [0.25, 0.3) is 11.1 Å². The van der Waals surface area contributed by atoms with Gasteiger partial charge < -0.3 is 33.2 Å². The molecule has 0 amide bonds. The highest BCUT2D eigenvalue weighted by atomic mass is 16.8. The van der Waals surface area contributed by atoms with Gasteiger partial charge in [-0.3, -0.25) is 4.79 Å². The maximum absolute atomic E-state index is 12.5. The Hall–Kier alpha value is -5.98. The van der Waals surface area contributed by atoms with E-state index in [0.29, 0.717) is 0 Å². The van der Waals surface area contributed by atoms with Crippen LogP contribution in [0.3, 0.4) is 0 Å². The molecule has 3 aromatic rings. The fourth-order valence-electron chi connectivity index (χ4n) is 2.99. The van der Waals surface area contributed by atoms with Gasteiger partial charge in [-0.1, -0.05) is 30.8 Å². The molecule has 0 aliphatic rings. The molecule has 13 heteroatoms. The van der Waals surface area contributed by atoms with Gasteiger partial charge in [0.1, 0.15) is 17.2 Å². The number of ketones is 1. The zero-order valence-electron chi connectivity index (χ0n) is 22.9. The molecule has 0 unspecified atom stereocenters. The molecule has 0 saturated heterocycles. The summed E-state index contributed by atoms with van der Waals surface area (Å²) in [4.78, 5) is 68.9. The van der Waals surface area contributed by atoms with E-state index < -0.39 is 49.6 Å². The summed E-state index contributed by atoms with van der Waals surface area (Å²) in [7, 11) is 0. The number of rotatable bonds is 11. The van der Waals surface area contributed by atoms with Gasteiger partial charge in [-0.15, -0.1) is 0 Å². The van der Waals surface area contributed by atoms with Gasteiger partial charge in [-0.05, 0) is 66.6 Å². The Kier molecular flexibility index (Phi) is 11.1. The predicted octanol–water partition coefficient (Wildman–Crippen LogP) is 4.77. The average molecular weight is 593 g/mol. The molecule has 0 atom stereocenters.